The molecule has 0 saturated carbocycles. The standard InChI is InChI=1S/C41H30F4N6.Pt/c1-39(2)28-18-30(33(43)25(20-46)32(28)42)50-21-26(23-14-10-8-11-15-23)37(48-50)40(3,4)41(5,6)38-27(24-16-12-9-13-17-24)22-51(49-38)31-19-29(39)34(44)36(47-7)35(31)45;/h8-17,21-22H,1-6H3;/q-2;+2. The Balaban J connectivity index is 0.00000464. The molecule has 3 heterocycles. The minimum absolute atomic E-state index is 0. The van der Waals surface area contributed by atoms with Crippen LogP contribution in [0.25, 0.3) is 38.5 Å². The van der Waals surface area contributed by atoms with Crippen LogP contribution in [0.5, 0.6) is 0 Å². The number of hydrogen-bond acceptors (Lipinski definition) is 3. The van der Waals surface area contributed by atoms with Crippen molar-refractivity contribution in [1.82, 2.24) is 19.6 Å². The molecule has 0 atom stereocenters. The monoisotopic (exact) mass is 877 g/mol. The SMILES string of the molecule is [C-]#[N+]c1c(F)c2[c-]c(c1F)C(C)(C)c1[c-]c(c(F)c(C#N)c1F)-n1cc(-c3ccccc3)c(n1)C(C)(C)C(C)(C)c1nn-2cc1-c1ccccc1.[Pt+2]. The Morgan fingerprint density at radius 3 is 1.52 bits per heavy atom. The van der Waals surface area contributed by atoms with Gasteiger partial charge in [-0.05, 0) is 27.9 Å². The van der Waals surface area contributed by atoms with E-state index in [1.807, 2.05) is 88.4 Å². The van der Waals surface area contributed by atoms with Crippen molar-refractivity contribution < 1.29 is 38.6 Å². The molecule has 0 aliphatic carbocycles. The molecule has 6 nitrogen and oxygen atoms in total. The van der Waals surface area contributed by atoms with Crippen molar-refractivity contribution in [3.8, 4) is 39.7 Å². The number of rotatable bonds is 2. The summed E-state index contributed by atoms with van der Waals surface area (Å²) in [6, 6.07) is 25.9. The molecule has 0 saturated heterocycles. The number of hydrogen-bond donors (Lipinski definition) is 0. The first-order valence-corrected chi connectivity index (χ1v) is 16.1. The second-order valence-electron chi connectivity index (χ2n) is 14.2. The first-order valence-electron chi connectivity index (χ1n) is 16.1. The van der Waals surface area contributed by atoms with Crippen LogP contribution in [0, 0.1) is 53.3 Å². The molecular weight excluding hydrogens is 848 g/mol. The fourth-order valence-electron chi connectivity index (χ4n) is 6.77. The molecule has 4 aromatic carbocycles. The predicted molar refractivity (Wildman–Crippen MR) is 185 cm³/mol. The summed E-state index contributed by atoms with van der Waals surface area (Å²) < 4.78 is 67.5. The van der Waals surface area contributed by atoms with Crippen molar-refractivity contribution in [3.63, 3.8) is 0 Å². The molecular formula is C41H30F4N6Pt. The Kier molecular flexibility index (Phi) is 8.92. The molecule has 0 unspecified atom stereocenters. The van der Waals surface area contributed by atoms with E-state index in [9.17, 15) is 5.26 Å². The van der Waals surface area contributed by atoms with Gasteiger partial charge in [0.1, 0.15) is 0 Å². The first kappa shape index (κ1) is 36.5. The van der Waals surface area contributed by atoms with Gasteiger partial charge in [-0.15, -0.1) is 23.3 Å². The summed E-state index contributed by atoms with van der Waals surface area (Å²) in [7, 11) is 0. The molecule has 11 heteroatoms. The maximum absolute atomic E-state index is 16.3. The van der Waals surface area contributed by atoms with E-state index in [-0.39, 0.29) is 32.4 Å². The molecule has 2 aromatic heterocycles. The fraction of sp³-hybridized carbons (Fsp3) is 0.220. The van der Waals surface area contributed by atoms with Gasteiger partial charge in [0.15, 0.2) is 5.69 Å². The van der Waals surface area contributed by atoms with Crippen molar-refractivity contribution in [2.24, 2.45) is 0 Å². The van der Waals surface area contributed by atoms with E-state index in [0.29, 0.717) is 22.5 Å². The molecule has 1 aliphatic heterocycles. The zero-order chi connectivity index (χ0) is 36.6. The fourth-order valence-corrected chi connectivity index (χ4v) is 6.77. The summed E-state index contributed by atoms with van der Waals surface area (Å²) in [6.45, 7) is 18.4. The minimum atomic E-state index is -1.78. The van der Waals surface area contributed by atoms with Crippen LogP contribution in [0.3, 0.4) is 0 Å². The van der Waals surface area contributed by atoms with Gasteiger partial charge >= 0.3 is 21.1 Å². The van der Waals surface area contributed by atoms with Crippen molar-refractivity contribution in [1.29, 1.82) is 5.26 Å². The molecule has 0 N–H and O–H groups in total. The van der Waals surface area contributed by atoms with Gasteiger partial charge in [0.05, 0.1) is 29.8 Å². The van der Waals surface area contributed by atoms with Gasteiger partial charge in [-0.3, -0.25) is 31.8 Å². The van der Waals surface area contributed by atoms with E-state index >= 15 is 17.6 Å². The van der Waals surface area contributed by atoms with Crippen LogP contribution in [0.1, 0.15) is 69.6 Å². The van der Waals surface area contributed by atoms with Crippen LogP contribution in [0.2, 0.25) is 0 Å². The molecule has 0 radical (unpaired) electrons. The summed E-state index contributed by atoms with van der Waals surface area (Å²) in [5.41, 5.74) is -3.17. The largest absolute Gasteiger partial charge is 2.00 e. The Morgan fingerprint density at radius 2 is 1.10 bits per heavy atom. The normalized spacial score (nSPS) is 15.0. The number of halogens is 4. The van der Waals surface area contributed by atoms with E-state index in [1.54, 1.807) is 18.5 Å². The molecule has 0 spiro atoms. The van der Waals surface area contributed by atoms with Gasteiger partial charge in [-0.1, -0.05) is 102 Å². The molecule has 1 aliphatic rings. The number of nitriles is 1. The summed E-state index contributed by atoms with van der Waals surface area (Å²) in [6.07, 6.45) is 3.22. The summed E-state index contributed by atoms with van der Waals surface area (Å²) in [5.74, 6) is -4.97. The summed E-state index contributed by atoms with van der Waals surface area (Å²) in [4.78, 5) is 3.17. The van der Waals surface area contributed by atoms with E-state index in [2.05, 4.69) is 17.0 Å². The Labute approximate surface area is 313 Å². The Morgan fingerprint density at radius 1 is 0.673 bits per heavy atom. The molecule has 52 heavy (non-hydrogen) atoms. The van der Waals surface area contributed by atoms with Gasteiger partial charge in [0, 0.05) is 57.4 Å². The van der Waals surface area contributed by atoms with E-state index in [0.717, 1.165) is 11.1 Å². The van der Waals surface area contributed by atoms with Gasteiger partial charge < -0.3 is 0 Å². The zero-order valence-electron chi connectivity index (χ0n) is 28.9. The predicted octanol–water partition coefficient (Wildman–Crippen LogP) is 9.86. The second kappa shape index (κ2) is 12.7. The molecule has 6 aromatic rings. The molecule has 0 fully saturated rings. The Hall–Kier alpha value is -5.31. The van der Waals surface area contributed by atoms with Gasteiger partial charge in [0.25, 0.3) is 0 Å². The number of fused-ring (bicyclic) bond motifs is 10. The topological polar surface area (TPSA) is 63.8 Å². The number of benzene rings is 4. The number of aromatic nitrogens is 4. The minimum Gasteiger partial charge on any atom is -0.297 e. The second-order valence-corrected chi connectivity index (χ2v) is 14.2. The van der Waals surface area contributed by atoms with E-state index < -0.39 is 61.9 Å². The Bertz CT molecular complexity index is 2300. The van der Waals surface area contributed by atoms with Crippen LogP contribution in [0.15, 0.2) is 73.1 Å². The molecule has 0 amide bonds. The number of nitrogens with zero attached hydrogens (tertiary/aromatic N) is 6. The molecule has 8 bridgehead atoms. The molecule has 262 valence electrons. The first-order chi connectivity index (χ1) is 24.1. The smallest absolute Gasteiger partial charge is 0.297 e. The third kappa shape index (κ3) is 5.23. The van der Waals surface area contributed by atoms with E-state index in [4.69, 9.17) is 16.8 Å². The summed E-state index contributed by atoms with van der Waals surface area (Å²) >= 11 is 0. The average molecular weight is 878 g/mol. The van der Waals surface area contributed by atoms with Crippen LogP contribution in [-0.2, 0) is 37.3 Å². The maximum Gasteiger partial charge on any atom is 2.00 e. The van der Waals surface area contributed by atoms with Gasteiger partial charge in [-0.2, -0.15) is 15.5 Å². The summed E-state index contributed by atoms with van der Waals surface area (Å²) in [5, 5.41) is 19.9. The van der Waals surface area contributed by atoms with Crippen LogP contribution in [-0.4, -0.2) is 19.6 Å². The van der Waals surface area contributed by atoms with E-state index in [1.165, 1.54) is 23.2 Å². The van der Waals surface area contributed by atoms with Crippen LogP contribution < -0.4 is 0 Å². The van der Waals surface area contributed by atoms with Crippen LogP contribution in [0.4, 0.5) is 23.2 Å². The van der Waals surface area contributed by atoms with Crippen molar-refractivity contribution >= 4 is 5.69 Å². The van der Waals surface area contributed by atoms with Crippen molar-refractivity contribution in [2.75, 3.05) is 0 Å². The van der Waals surface area contributed by atoms with Gasteiger partial charge in [0.2, 0.25) is 0 Å². The van der Waals surface area contributed by atoms with Gasteiger partial charge in [-0.25, -0.2) is 0 Å². The zero-order valence-corrected chi connectivity index (χ0v) is 31.2. The van der Waals surface area contributed by atoms with Crippen molar-refractivity contribution in [2.45, 2.75) is 57.8 Å². The third-order valence-corrected chi connectivity index (χ3v) is 10.5. The average Bonchev–Trinajstić information content (AvgIpc) is 3.76. The third-order valence-electron chi connectivity index (χ3n) is 10.5. The molecule has 7 rings (SSSR count). The quantitative estimate of drug-likeness (QED) is 0.129. The van der Waals surface area contributed by atoms with Crippen molar-refractivity contribution in [3.05, 3.63) is 148 Å². The van der Waals surface area contributed by atoms with Crippen LogP contribution >= 0.6 is 0 Å². The maximum atomic E-state index is 16.3.